The second-order valence-electron chi connectivity index (χ2n) is 6.76. The smallest absolute Gasteiger partial charge is 0.100 e. The Bertz CT molecular complexity index is 196. The zero-order chi connectivity index (χ0) is 16.3. The van der Waals surface area contributed by atoms with Crippen LogP contribution in [0.2, 0.25) is 0 Å². The Morgan fingerprint density at radius 2 is 1.05 bits per heavy atom. The second-order valence-corrected chi connectivity index (χ2v) is 6.76. The van der Waals surface area contributed by atoms with E-state index in [9.17, 15) is 4.39 Å². The van der Waals surface area contributed by atoms with Crippen LogP contribution in [-0.2, 0) is 4.74 Å². The minimum atomic E-state index is -0.568. The summed E-state index contributed by atoms with van der Waals surface area (Å²) in [7, 11) is 1.73. The fourth-order valence-electron chi connectivity index (χ4n) is 2.96. The normalized spacial score (nSPS) is 12.7. The number of hydrogen-bond donors (Lipinski definition) is 0. The summed E-state index contributed by atoms with van der Waals surface area (Å²) in [6.45, 7) is 3.08. The highest BCUT2D eigenvalue weighted by atomic mass is 19.1. The average molecular weight is 317 g/mol. The first-order valence-corrected chi connectivity index (χ1v) is 9.94. The highest BCUT2D eigenvalue weighted by Gasteiger charge is 2.05. The summed E-state index contributed by atoms with van der Waals surface area (Å²) >= 11 is 0. The van der Waals surface area contributed by atoms with E-state index in [0.29, 0.717) is 0 Å². The molecule has 0 spiro atoms. The SMILES string of the molecule is CCCCCCCCCCCCCC(F)CCCCCOC. The molecule has 22 heavy (non-hydrogen) atoms. The van der Waals surface area contributed by atoms with Crippen molar-refractivity contribution < 1.29 is 9.13 Å². The quantitative estimate of drug-likeness (QED) is 0.242. The Hall–Kier alpha value is -0.110. The topological polar surface area (TPSA) is 9.23 Å². The molecule has 134 valence electrons. The molecule has 0 amide bonds. The largest absolute Gasteiger partial charge is 0.385 e. The highest BCUT2D eigenvalue weighted by Crippen LogP contribution is 2.16. The average Bonchev–Trinajstić information content (AvgIpc) is 2.52. The maximum absolute atomic E-state index is 13.7. The zero-order valence-corrected chi connectivity index (χ0v) is 15.4. The molecule has 0 rings (SSSR count). The van der Waals surface area contributed by atoms with Crippen LogP contribution >= 0.6 is 0 Å². The van der Waals surface area contributed by atoms with Crippen molar-refractivity contribution >= 4 is 0 Å². The van der Waals surface area contributed by atoms with Gasteiger partial charge in [-0.05, 0) is 19.3 Å². The Morgan fingerprint density at radius 3 is 1.50 bits per heavy atom. The molecular formula is C20H41FO. The minimum Gasteiger partial charge on any atom is -0.385 e. The molecule has 1 nitrogen and oxygen atoms in total. The minimum absolute atomic E-state index is 0.568. The molecule has 0 radical (unpaired) electrons. The summed E-state index contributed by atoms with van der Waals surface area (Å²) in [5.74, 6) is 0. The lowest BCUT2D eigenvalue weighted by Crippen LogP contribution is -2.00. The standard InChI is InChI=1S/C20H41FO/c1-3-4-5-6-7-8-9-10-11-12-14-17-20(21)18-15-13-16-19-22-2/h20H,3-19H2,1-2H3. The van der Waals surface area contributed by atoms with Gasteiger partial charge in [-0.2, -0.15) is 0 Å². The van der Waals surface area contributed by atoms with Crippen LogP contribution in [0.5, 0.6) is 0 Å². The van der Waals surface area contributed by atoms with Crippen LogP contribution in [-0.4, -0.2) is 19.9 Å². The van der Waals surface area contributed by atoms with E-state index in [0.717, 1.165) is 45.1 Å². The summed E-state index contributed by atoms with van der Waals surface area (Å²) in [6.07, 6.45) is 18.9. The summed E-state index contributed by atoms with van der Waals surface area (Å²) in [6, 6.07) is 0. The van der Waals surface area contributed by atoms with E-state index in [-0.39, 0.29) is 0 Å². The van der Waals surface area contributed by atoms with Crippen molar-refractivity contribution in [2.45, 2.75) is 116 Å². The monoisotopic (exact) mass is 316 g/mol. The molecule has 1 unspecified atom stereocenters. The van der Waals surface area contributed by atoms with Crippen LogP contribution in [0.3, 0.4) is 0 Å². The molecule has 0 aliphatic carbocycles. The first kappa shape index (κ1) is 21.9. The molecule has 0 heterocycles. The molecule has 0 saturated carbocycles. The molecule has 0 aliphatic heterocycles. The Morgan fingerprint density at radius 1 is 0.636 bits per heavy atom. The summed E-state index contributed by atoms with van der Waals surface area (Å²) in [5.41, 5.74) is 0. The van der Waals surface area contributed by atoms with Gasteiger partial charge in [0.15, 0.2) is 0 Å². The van der Waals surface area contributed by atoms with Crippen LogP contribution < -0.4 is 0 Å². The third-order valence-corrected chi connectivity index (χ3v) is 4.49. The molecule has 2 heteroatoms. The van der Waals surface area contributed by atoms with Crippen LogP contribution in [0.4, 0.5) is 4.39 Å². The van der Waals surface area contributed by atoms with E-state index in [1.807, 2.05) is 0 Å². The molecule has 0 aliphatic rings. The predicted octanol–water partition coefficient (Wildman–Crippen LogP) is 7.23. The van der Waals surface area contributed by atoms with Gasteiger partial charge in [0, 0.05) is 13.7 Å². The third-order valence-electron chi connectivity index (χ3n) is 4.49. The van der Waals surface area contributed by atoms with Crippen molar-refractivity contribution in [3.8, 4) is 0 Å². The van der Waals surface area contributed by atoms with Gasteiger partial charge in [-0.15, -0.1) is 0 Å². The molecule has 0 bridgehead atoms. The highest BCUT2D eigenvalue weighted by molar-refractivity contribution is 4.58. The maximum Gasteiger partial charge on any atom is 0.100 e. The number of rotatable bonds is 18. The molecule has 1 atom stereocenters. The van der Waals surface area contributed by atoms with Crippen LogP contribution in [0.25, 0.3) is 0 Å². The number of alkyl halides is 1. The number of methoxy groups -OCH3 is 1. The first-order valence-electron chi connectivity index (χ1n) is 9.94. The van der Waals surface area contributed by atoms with Crippen molar-refractivity contribution in [1.29, 1.82) is 0 Å². The van der Waals surface area contributed by atoms with Gasteiger partial charge in [0.25, 0.3) is 0 Å². The molecule has 0 saturated heterocycles. The molecular weight excluding hydrogens is 275 g/mol. The van der Waals surface area contributed by atoms with Crippen molar-refractivity contribution in [3.63, 3.8) is 0 Å². The predicted molar refractivity (Wildman–Crippen MR) is 96.3 cm³/mol. The number of unbranched alkanes of at least 4 members (excludes halogenated alkanes) is 12. The molecule has 0 fully saturated rings. The van der Waals surface area contributed by atoms with Gasteiger partial charge in [0.2, 0.25) is 0 Å². The molecule has 0 aromatic carbocycles. The van der Waals surface area contributed by atoms with E-state index in [1.54, 1.807) is 7.11 Å². The summed E-state index contributed by atoms with van der Waals surface area (Å²) < 4.78 is 18.7. The Kier molecular flexibility index (Phi) is 18.8. The Balaban J connectivity index is 3.09. The van der Waals surface area contributed by atoms with E-state index >= 15 is 0 Å². The van der Waals surface area contributed by atoms with E-state index in [1.165, 1.54) is 64.2 Å². The van der Waals surface area contributed by atoms with Crippen molar-refractivity contribution in [2.24, 2.45) is 0 Å². The second kappa shape index (κ2) is 18.9. The summed E-state index contributed by atoms with van der Waals surface area (Å²) in [4.78, 5) is 0. The van der Waals surface area contributed by atoms with E-state index in [2.05, 4.69) is 6.92 Å². The van der Waals surface area contributed by atoms with Crippen molar-refractivity contribution in [2.75, 3.05) is 13.7 Å². The molecule has 0 aromatic rings. The van der Waals surface area contributed by atoms with Gasteiger partial charge in [-0.1, -0.05) is 90.4 Å². The zero-order valence-electron chi connectivity index (χ0n) is 15.4. The lowest BCUT2D eigenvalue weighted by Gasteiger charge is -2.08. The van der Waals surface area contributed by atoms with Gasteiger partial charge in [0.05, 0.1) is 0 Å². The lowest BCUT2D eigenvalue weighted by atomic mass is 10.0. The number of halogens is 1. The fraction of sp³-hybridized carbons (Fsp3) is 1.00. The van der Waals surface area contributed by atoms with Crippen LogP contribution in [0.15, 0.2) is 0 Å². The van der Waals surface area contributed by atoms with Gasteiger partial charge >= 0.3 is 0 Å². The third kappa shape index (κ3) is 17.9. The van der Waals surface area contributed by atoms with Gasteiger partial charge < -0.3 is 4.74 Å². The van der Waals surface area contributed by atoms with Crippen LogP contribution in [0.1, 0.15) is 110 Å². The van der Waals surface area contributed by atoms with E-state index in [4.69, 9.17) is 4.74 Å². The summed E-state index contributed by atoms with van der Waals surface area (Å²) in [5, 5.41) is 0. The lowest BCUT2D eigenvalue weighted by molar-refractivity contribution is 0.189. The first-order chi connectivity index (χ1) is 10.8. The van der Waals surface area contributed by atoms with Gasteiger partial charge in [0.1, 0.15) is 6.17 Å². The number of hydrogen-bond acceptors (Lipinski definition) is 1. The molecule has 0 N–H and O–H groups in total. The maximum atomic E-state index is 13.7. The number of ether oxygens (including phenoxy) is 1. The fourth-order valence-corrected chi connectivity index (χ4v) is 2.96. The Labute approximate surface area is 139 Å². The van der Waals surface area contributed by atoms with Gasteiger partial charge in [-0.25, -0.2) is 4.39 Å². The van der Waals surface area contributed by atoms with Crippen LogP contribution in [0, 0.1) is 0 Å². The van der Waals surface area contributed by atoms with Crippen molar-refractivity contribution in [1.82, 2.24) is 0 Å². The van der Waals surface area contributed by atoms with Crippen molar-refractivity contribution in [3.05, 3.63) is 0 Å². The van der Waals surface area contributed by atoms with E-state index < -0.39 is 6.17 Å². The van der Waals surface area contributed by atoms with Gasteiger partial charge in [-0.3, -0.25) is 0 Å². The molecule has 0 aromatic heterocycles.